The fourth-order valence-electron chi connectivity index (χ4n) is 2.01. The number of ether oxygens (including phenoxy) is 2. The average molecular weight is 284 g/mol. The van der Waals surface area contributed by atoms with Crippen molar-refractivity contribution in [3.63, 3.8) is 0 Å². The monoisotopic (exact) mass is 283 g/mol. The third kappa shape index (κ3) is 2.08. The van der Waals surface area contributed by atoms with Crippen molar-refractivity contribution in [1.29, 1.82) is 0 Å². The Morgan fingerprint density at radius 3 is 2.61 bits per heavy atom. The van der Waals surface area contributed by atoms with Crippen LogP contribution in [0.1, 0.15) is 17.4 Å². The highest BCUT2D eigenvalue weighted by Gasteiger charge is 2.22. The van der Waals surface area contributed by atoms with E-state index in [-0.39, 0.29) is 0 Å². The first-order chi connectivity index (χ1) is 8.65. The van der Waals surface area contributed by atoms with Gasteiger partial charge in [-0.05, 0) is 30.7 Å². The number of fused-ring (bicyclic) bond motifs is 1. The molecule has 1 fully saturated rings. The van der Waals surface area contributed by atoms with E-state index in [1.807, 2.05) is 25.1 Å². The quantitative estimate of drug-likeness (QED) is 0.744. The Morgan fingerprint density at radius 2 is 1.89 bits per heavy atom. The van der Waals surface area contributed by atoms with Crippen LogP contribution in [0.5, 0.6) is 0 Å². The average Bonchev–Trinajstić information content (AvgIpc) is 2.84. The molecule has 2 aromatic rings. The van der Waals surface area contributed by atoms with Crippen LogP contribution < -0.4 is 0 Å². The molecule has 1 aromatic carbocycles. The Bertz CT molecular complexity index is 609. The van der Waals surface area contributed by atoms with Crippen molar-refractivity contribution in [3.8, 4) is 0 Å². The lowest BCUT2D eigenvalue weighted by Crippen LogP contribution is -2.00. The Morgan fingerprint density at radius 1 is 1.17 bits per heavy atom. The molecule has 94 valence electrons. The maximum absolute atomic E-state index is 6.16. The fraction of sp³-hybridized carbons (Fsp3) is 0.308. The number of aromatic nitrogens is 1. The number of pyridine rings is 1. The summed E-state index contributed by atoms with van der Waals surface area (Å²) in [4.78, 5) is 4.34. The molecule has 1 aromatic heterocycles. The molecule has 1 aliphatic rings. The molecule has 0 bridgehead atoms. The number of benzene rings is 1. The Balaban J connectivity index is 2.16. The highest BCUT2D eigenvalue weighted by Crippen LogP contribution is 2.32. The van der Waals surface area contributed by atoms with Crippen molar-refractivity contribution in [3.05, 3.63) is 39.5 Å². The number of halogens is 2. The van der Waals surface area contributed by atoms with Crippen LogP contribution in [0.2, 0.25) is 10.2 Å². The minimum atomic E-state index is -0.412. The zero-order valence-electron chi connectivity index (χ0n) is 9.74. The van der Waals surface area contributed by atoms with Crippen LogP contribution in [-0.2, 0) is 9.47 Å². The predicted molar refractivity (Wildman–Crippen MR) is 71.1 cm³/mol. The second-order valence-corrected chi connectivity index (χ2v) is 5.00. The summed E-state index contributed by atoms with van der Waals surface area (Å²) in [7, 11) is 0. The van der Waals surface area contributed by atoms with Gasteiger partial charge in [-0.25, -0.2) is 4.98 Å². The summed E-state index contributed by atoms with van der Waals surface area (Å²) in [6, 6.07) is 5.75. The maximum Gasteiger partial charge on any atom is 0.187 e. The van der Waals surface area contributed by atoms with Gasteiger partial charge in [-0.2, -0.15) is 0 Å². The molecule has 0 saturated carbocycles. The summed E-state index contributed by atoms with van der Waals surface area (Å²) in [6.45, 7) is 3.12. The van der Waals surface area contributed by atoms with Crippen LogP contribution >= 0.6 is 23.2 Å². The fourth-order valence-corrected chi connectivity index (χ4v) is 2.40. The first kappa shape index (κ1) is 12.2. The van der Waals surface area contributed by atoms with Crippen LogP contribution in [0.25, 0.3) is 10.9 Å². The molecule has 0 spiro atoms. The predicted octanol–water partition coefficient (Wildman–Crippen LogP) is 3.90. The molecule has 18 heavy (non-hydrogen) atoms. The minimum Gasteiger partial charge on any atom is -0.346 e. The van der Waals surface area contributed by atoms with Gasteiger partial charge in [-0.3, -0.25) is 0 Å². The molecule has 1 saturated heterocycles. The molecule has 0 unspecified atom stereocenters. The highest BCUT2D eigenvalue weighted by atomic mass is 35.5. The third-order valence-electron chi connectivity index (χ3n) is 2.95. The zero-order chi connectivity index (χ0) is 12.7. The lowest BCUT2D eigenvalue weighted by atomic mass is 10.1. The first-order valence-corrected chi connectivity index (χ1v) is 6.40. The minimum absolute atomic E-state index is 0.398. The smallest absolute Gasteiger partial charge is 0.187 e. The highest BCUT2D eigenvalue weighted by molar-refractivity contribution is 6.32. The van der Waals surface area contributed by atoms with Gasteiger partial charge in [0.15, 0.2) is 6.29 Å². The normalized spacial score (nSPS) is 16.6. The zero-order valence-corrected chi connectivity index (χ0v) is 11.3. The van der Waals surface area contributed by atoms with Crippen molar-refractivity contribution in [1.82, 2.24) is 4.98 Å². The van der Waals surface area contributed by atoms with Crippen molar-refractivity contribution in [2.45, 2.75) is 13.2 Å². The van der Waals surface area contributed by atoms with Gasteiger partial charge in [0.05, 0.1) is 18.7 Å². The van der Waals surface area contributed by atoms with E-state index in [0.29, 0.717) is 23.4 Å². The van der Waals surface area contributed by atoms with Crippen molar-refractivity contribution >= 4 is 34.1 Å². The molecular weight excluding hydrogens is 273 g/mol. The van der Waals surface area contributed by atoms with E-state index in [4.69, 9.17) is 32.7 Å². The summed E-state index contributed by atoms with van der Waals surface area (Å²) >= 11 is 12.2. The molecule has 0 N–H and O–H groups in total. The summed E-state index contributed by atoms with van der Waals surface area (Å²) in [5.41, 5.74) is 2.55. The standard InChI is InChI=1S/C13H11Cl2NO2/c1-7-4-8-5-9(13-17-2-3-18-13)12(15)16-11(8)6-10(7)14/h4-6,13H,2-3H2,1H3. The van der Waals surface area contributed by atoms with Crippen molar-refractivity contribution in [2.24, 2.45) is 0 Å². The number of nitrogens with zero attached hydrogens (tertiary/aromatic N) is 1. The molecule has 5 heteroatoms. The number of rotatable bonds is 1. The largest absolute Gasteiger partial charge is 0.346 e. The van der Waals surface area contributed by atoms with Gasteiger partial charge in [0.25, 0.3) is 0 Å². The lowest BCUT2D eigenvalue weighted by Gasteiger charge is -2.12. The van der Waals surface area contributed by atoms with Gasteiger partial charge in [0.2, 0.25) is 0 Å². The second-order valence-electron chi connectivity index (χ2n) is 4.24. The number of hydrogen-bond acceptors (Lipinski definition) is 3. The molecular formula is C13H11Cl2NO2. The molecule has 3 nitrogen and oxygen atoms in total. The molecule has 0 radical (unpaired) electrons. The van der Waals surface area contributed by atoms with Gasteiger partial charge in [-0.1, -0.05) is 23.2 Å². The van der Waals surface area contributed by atoms with Gasteiger partial charge < -0.3 is 9.47 Å². The van der Waals surface area contributed by atoms with E-state index < -0.39 is 6.29 Å². The van der Waals surface area contributed by atoms with Crippen LogP contribution in [-0.4, -0.2) is 18.2 Å². The Labute approximate surface area is 115 Å². The first-order valence-electron chi connectivity index (χ1n) is 5.64. The molecule has 1 aliphatic heterocycles. The molecule has 0 aliphatic carbocycles. The lowest BCUT2D eigenvalue weighted by molar-refractivity contribution is -0.0441. The van der Waals surface area contributed by atoms with Crippen molar-refractivity contribution < 1.29 is 9.47 Å². The van der Waals surface area contributed by atoms with Gasteiger partial charge >= 0.3 is 0 Å². The van der Waals surface area contributed by atoms with E-state index >= 15 is 0 Å². The summed E-state index contributed by atoms with van der Waals surface area (Å²) < 4.78 is 10.9. The summed E-state index contributed by atoms with van der Waals surface area (Å²) in [5, 5.41) is 2.07. The third-order valence-corrected chi connectivity index (χ3v) is 3.66. The number of aryl methyl sites for hydroxylation is 1. The molecule has 3 rings (SSSR count). The van der Waals surface area contributed by atoms with Crippen LogP contribution in [0, 0.1) is 6.92 Å². The Hall–Kier alpha value is -0.870. The van der Waals surface area contributed by atoms with Crippen LogP contribution in [0.15, 0.2) is 18.2 Å². The SMILES string of the molecule is Cc1cc2cc(C3OCCO3)c(Cl)nc2cc1Cl. The van der Waals surface area contributed by atoms with Gasteiger partial charge in [-0.15, -0.1) is 0 Å². The van der Waals surface area contributed by atoms with Crippen molar-refractivity contribution in [2.75, 3.05) is 13.2 Å². The van der Waals surface area contributed by atoms with Crippen LogP contribution in [0.3, 0.4) is 0 Å². The molecule has 2 heterocycles. The van der Waals surface area contributed by atoms with Gasteiger partial charge in [0, 0.05) is 16.0 Å². The second kappa shape index (κ2) is 4.67. The van der Waals surface area contributed by atoms with E-state index in [0.717, 1.165) is 22.0 Å². The van der Waals surface area contributed by atoms with Crippen LogP contribution in [0.4, 0.5) is 0 Å². The molecule has 0 amide bonds. The number of hydrogen-bond donors (Lipinski definition) is 0. The summed E-state index contributed by atoms with van der Waals surface area (Å²) in [5.74, 6) is 0. The van der Waals surface area contributed by atoms with E-state index in [1.54, 1.807) is 0 Å². The molecule has 0 atom stereocenters. The maximum atomic E-state index is 6.16. The van der Waals surface area contributed by atoms with Gasteiger partial charge in [0.1, 0.15) is 5.15 Å². The Kier molecular flexibility index (Phi) is 3.16. The summed E-state index contributed by atoms with van der Waals surface area (Å²) in [6.07, 6.45) is -0.412. The van der Waals surface area contributed by atoms with E-state index in [9.17, 15) is 0 Å². The topological polar surface area (TPSA) is 31.4 Å². The van der Waals surface area contributed by atoms with E-state index in [2.05, 4.69) is 4.98 Å². The van der Waals surface area contributed by atoms with E-state index in [1.165, 1.54) is 0 Å².